The Balaban J connectivity index is 2.74. The van der Waals surface area contributed by atoms with Crippen molar-refractivity contribution in [1.82, 2.24) is 4.72 Å². The first-order valence-electron chi connectivity index (χ1n) is 4.02. The summed E-state index contributed by atoms with van der Waals surface area (Å²) < 4.78 is 23.2. The van der Waals surface area contributed by atoms with E-state index in [9.17, 15) is 13.2 Å². The van der Waals surface area contributed by atoms with Crippen LogP contribution in [0.3, 0.4) is 0 Å². The molecule has 0 aliphatic rings. The number of benzene rings is 1. The lowest BCUT2D eigenvalue weighted by Gasteiger charge is -2.06. The SMILES string of the molecule is CS(=O)(=O)NC(=O)Nc1ccc(Cl)c(Cl)c1. The van der Waals surface area contributed by atoms with Gasteiger partial charge in [-0.25, -0.2) is 17.9 Å². The number of urea groups is 1. The molecule has 0 aliphatic heterocycles. The van der Waals surface area contributed by atoms with Crippen LogP contribution >= 0.6 is 23.2 Å². The fraction of sp³-hybridized carbons (Fsp3) is 0.125. The number of sulfonamides is 1. The van der Waals surface area contributed by atoms with E-state index < -0.39 is 16.1 Å². The van der Waals surface area contributed by atoms with E-state index in [4.69, 9.17) is 23.2 Å². The van der Waals surface area contributed by atoms with Crippen LogP contribution in [0.25, 0.3) is 0 Å². The highest BCUT2D eigenvalue weighted by Crippen LogP contribution is 2.24. The smallest absolute Gasteiger partial charge is 0.307 e. The number of rotatable bonds is 2. The molecule has 0 atom stereocenters. The molecule has 16 heavy (non-hydrogen) atoms. The average molecular weight is 283 g/mol. The summed E-state index contributed by atoms with van der Waals surface area (Å²) in [6.07, 6.45) is 0.876. The van der Waals surface area contributed by atoms with Gasteiger partial charge in [0.25, 0.3) is 0 Å². The van der Waals surface area contributed by atoms with Gasteiger partial charge in [-0.3, -0.25) is 0 Å². The molecule has 5 nitrogen and oxygen atoms in total. The summed E-state index contributed by atoms with van der Waals surface area (Å²) in [6, 6.07) is 3.53. The van der Waals surface area contributed by atoms with E-state index in [2.05, 4.69) is 5.32 Å². The second-order valence-corrected chi connectivity index (χ2v) is 5.52. The Kier molecular flexibility index (Phi) is 4.01. The van der Waals surface area contributed by atoms with E-state index in [1.807, 2.05) is 0 Å². The lowest BCUT2D eigenvalue weighted by Crippen LogP contribution is -2.33. The zero-order valence-corrected chi connectivity index (χ0v) is 10.4. The third-order valence-electron chi connectivity index (χ3n) is 1.46. The third kappa shape index (κ3) is 4.26. The van der Waals surface area contributed by atoms with Gasteiger partial charge < -0.3 is 5.32 Å². The van der Waals surface area contributed by atoms with E-state index >= 15 is 0 Å². The summed E-state index contributed by atoms with van der Waals surface area (Å²) in [6.45, 7) is 0. The molecule has 0 heterocycles. The summed E-state index contributed by atoms with van der Waals surface area (Å²) in [5, 5.41) is 2.90. The number of anilines is 1. The van der Waals surface area contributed by atoms with Crippen LogP contribution < -0.4 is 10.0 Å². The standard InChI is InChI=1S/C8H8Cl2N2O3S/c1-16(14,15)12-8(13)11-5-2-3-6(9)7(10)4-5/h2-4H,1H3,(H2,11,12,13). The van der Waals surface area contributed by atoms with E-state index in [1.165, 1.54) is 18.2 Å². The van der Waals surface area contributed by atoms with Gasteiger partial charge in [-0.2, -0.15) is 0 Å². The van der Waals surface area contributed by atoms with Gasteiger partial charge in [0.15, 0.2) is 0 Å². The van der Waals surface area contributed by atoms with Gasteiger partial charge in [-0.05, 0) is 18.2 Å². The summed E-state index contributed by atoms with van der Waals surface area (Å²) in [4.78, 5) is 11.1. The van der Waals surface area contributed by atoms with Crippen molar-refractivity contribution in [3.05, 3.63) is 28.2 Å². The lowest BCUT2D eigenvalue weighted by molar-refractivity contribution is 0.256. The van der Waals surface area contributed by atoms with Crippen LogP contribution in [0.5, 0.6) is 0 Å². The molecule has 0 radical (unpaired) electrons. The van der Waals surface area contributed by atoms with Crippen molar-refractivity contribution in [2.75, 3.05) is 11.6 Å². The summed E-state index contributed by atoms with van der Waals surface area (Å²) >= 11 is 11.4. The number of halogens is 2. The number of hydrogen-bond donors (Lipinski definition) is 2. The molecule has 0 aliphatic carbocycles. The number of carbonyl (C=O) groups excluding carboxylic acids is 1. The monoisotopic (exact) mass is 282 g/mol. The van der Waals surface area contributed by atoms with Crippen molar-refractivity contribution < 1.29 is 13.2 Å². The third-order valence-corrected chi connectivity index (χ3v) is 2.75. The van der Waals surface area contributed by atoms with E-state index in [-0.39, 0.29) is 5.02 Å². The molecule has 8 heteroatoms. The molecule has 0 spiro atoms. The molecule has 1 aromatic rings. The van der Waals surface area contributed by atoms with Gasteiger partial charge >= 0.3 is 6.03 Å². The Labute approximate surface area is 103 Å². The predicted octanol–water partition coefficient (Wildman–Crippen LogP) is 2.07. The molecule has 0 fully saturated rings. The fourth-order valence-corrected chi connectivity index (χ4v) is 1.58. The van der Waals surface area contributed by atoms with Crippen molar-refractivity contribution in [3.8, 4) is 0 Å². The largest absolute Gasteiger partial charge is 0.332 e. The summed E-state index contributed by atoms with van der Waals surface area (Å²) in [5.74, 6) is 0. The quantitative estimate of drug-likeness (QED) is 0.872. The van der Waals surface area contributed by atoms with E-state index in [1.54, 1.807) is 4.72 Å². The normalized spacial score (nSPS) is 10.9. The molecule has 88 valence electrons. The van der Waals surface area contributed by atoms with Gasteiger partial charge in [0.2, 0.25) is 10.0 Å². The van der Waals surface area contributed by atoms with Crippen LogP contribution in [0.2, 0.25) is 10.0 Å². The Morgan fingerprint density at radius 2 is 1.88 bits per heavy atom. The predicted molar refractivity (Wildman–Crippen MR) is 63.5 cm³/mol. The van der Waals surface area contributed by atoms with Crippen molar-refractivity contribution >= 4 is 44.9 Å². The fourth-order valence-electron chi connectivity index (χ4n) is 0.899. The van der Waals surface area contributed by atoms with Crippen LogP contribution in [-0.2, 0) is 10.0 Å². The second-order valence-electron chi connectivity index (χ2n) is 2.96. The number of carbonyl (C=O) groups is 1. The maximum atomic E-state index is 11.1. The highest BCUT2D eigenvalue weighted by Gasteiger charge is 2.08. The number of amides is 2. The number of nitrogens with one attached hydrogen (secondary N) is 2. The Bertz CT molecular complexity index is 516. The number of hydrogen-bond acceptors (Lipinski definition) is 3. The minimum atomic E-state index is -3.58. The van der Waals surface area contributed by atoms with Crippen molar-refractivity contribution in [2.24, 2.45) is 0 Å². The van der Waals surface area contributed by atoms with Crippen LogP contribution in [0, 0.1) is 0 Å². The van der Waals surface area contributed by atoms with E-state index in [0.29, 0.717) is 10.7 Å². The van der Waals surface area contributed by atoms with Gasteiger partial charge in [0.1, 0.15) is 0 Å². The first-order chi connectivity index (χ1) is 7.28. The lowest BCUT2D eigenvalue weighted by atomic mass is 10.3. The van der Waals surface area contributed by atoms with Gasteiger partial charge in [0, 0.05) is 5.69 Å². The topological polar surface area (TPSA) is 75.3 Å². The zero-order chi connectivity index (χ0) is 12.3. The van der Waals surface area contributed by atoms with Crippen molar-refractivity contribution in [3.63, 3.8) is 0 Å². The highest BCUT2D eigenvalue weighted by molar-refractivity contribution is 7.89. The Morgan fingerprint density at radius 1 is 1.25 bits per heavy atom. The highest BCUT2D eigenvalue weighted by atomic mass is 35.5. The molecule has 2 amide bonds. The van der Waals surface area contributed by atoms with Gasteiger partial charge in [0.05, 0.1) is 16.3 Å². The van der Waals surface area contributed by atoms with Crippen LogP contribution in [0.1, 0.15) is 0 Å². The van der Waals surface area contributed by atoms with Crippen LogP contribution in [0.15, 0.2) is 18.2 Å². The molecular formula is C8H8Cl2N2O3S. The molecule has 0 unspecified atom stereocenters. The van der Waals surface area contributed by atoms with Gasteiger partial charge in [-0.15, -0.1) is 0 Å². The zero-order valence-electron chi connectivity index (χ0n) is 8.12. The molecular weight excluding hydrogens is 275 g/mol. The van der Waals surface area contributed by atoms with E-state index in [0.717, 1.165) is 6.26 Å². The molecule has 0 bridgehead atoms. The molecule has 0 saturated heterocycles. The maximum Gasteiger partial charge on any atom is 0.332 e. The van der Waals surface area contributed by atoms with Crippen LogP contribution in [-0.4, -0.2) is 20.7 Å². The minimum Gasteiger partial charge on any atom is -0.307 e. The van der Waals surface area contributed by atoms with Crippen molar-refractivity contribution in [1.29, 1.82) is 0 Å². The molecule has 2 N–H and O–H groups in total. The van der Waals surface area contributed by atoms with Crippen molar-refractivity contribution in [2.45, 2.75) is 0 Å². The minimum absolute atomic E-state index is 0.263. The molecule has 0 saturated carbocycles. The first-order valence-corrected chi connectivity index (χ1v) is 6.66. The summed E-state index contributed by atoms with van der Waals surface area (Å²) in [5.41, 5.74) is 0.343. The van der Waals surface area contributed by atoms with Gasteiger partial charge in [-0.1, -0.05) is 23.2 Å². The molecule has 1 rings (SSSR count). The maximum absolute atomic E-state index is 11.1. The Hall–Kier alpha value is -0.980. The Morgan fingerprint density at radius 3 is 2.38 bits per heavy atom. The van der Waals surface area contributed by atoms with Crippen LogP contribution in [0.4, 0.5) is 10.5 Å². The first kappa shape index (κ1) is 13.1. The average Bonchev–Trinajstić information content (AvgIpc) is 2.08. The second kappa shape index (κ2) is 4.90. The molecule has 0 aromatic heterocycles. The molecule has 1 aromatic carbocycles. The summed E-state index contributed by atoms with van der Waals surface area (Å²) in [7, 11) is -3.58.